The summed E-state index contributed by atoms with van der Waals surface area (Å²) >= 11 is 0. The van der Waals surface area contributed by atoms with Crippen molar-refractivity contribution >= 4 is 22.5 Å². The molecular weight excluding hydrogens is 252 g/mol. The van der Waals surface area contributed by atoms with E-state index < -0.39 is 0 Å². The van der Waals surface area contributed by atoms with Crippen LogP contribution >= 0.6 is 0 Å². The molecule has 0 aromatic heterocycles. The van der Waals surface area contributed by atoms with Gasteiger partial charge in [-0.15, -0.1) is 0 Å². The molecule has 2 aromatic rings. The fourth-order valence-corrected chi connectivity index (χ4v) is 2.12. The zero-order valence-electron chi connectivity index (χ0n) is 11.4. The van der Waals surface area contributed by atoms with Gasteiger partial charge in [0, 0.05) is 18.5 Å². The minimum atomic E-state index is -0.189. The third kappa shape index (κ3) is 3.96. The first-order chi connectivity index (χ1) is 9.81. The van der Waals surface area contributed by atoms with E-state index in [0.717, 1.165) is 35.7 Å². The third-order valence-corrected chi connectivity index (χ3v) is 3.16. The van der Waals surface area contributed by atoms with Gasteiger partial charge in [0.05, 0.1) is 5.69 Å². The number of fused-ring (bicyclic) bond motifs is 1. The third-order valence-electron chi connectivity index (χ3n) is 3.16. The first-order valence-electron chi connectivity index (χ1n) is 6.95. The summed E-state index contributed by atoms with van der Waals surface area (Å²) in [5, 5.41) is 16.5. The maximum Gasteiger partial charge on any atom is 0.319 e. The molecule has 0 spiro atoms. The Labute approximate surface area is 118 Å². The number of nitrogens with one attached hydrogen (secondary N) is 2. The van der Waals surface area contributed by atoms with E-state index in [1.54, 1.807) is 0 Å². The highest BCUT2D eigenvalue weighted by molar-refractivity contribution is 6.01. The van der Waals surface area contributed by atoms with Crippen LogP contribution in [0.3, 0.4) is 0 Å². The smallest absolute Gasteiger partial charge is 0.319 e. The molecule has 20 heavy (non-hydrogen) atoms. The van der Waals surface area contributed by atoms with Crippen LogP contribution in [-0.2, 0) is 0 Å². The SMILES string of the molecule is O=C(NCCCCCO)Nc1cccc2ccccc12. The average molecular weight is 272 g/mol. The maximum atomic E-state index is 11.8. The molecule has 0 saturated carbocycles. The minimum absolute atomic E-state index is 0.189. The van der Waals surface area contributed by atoms with Crippen molar-refractivity contribution in [2.75, 3.05) is 18.5 Å². The lowest BCUT2D eigenvalue weighted by atomic mass is 10.1. The molecule has 2 amide bonds. The van der Waals surface area contributed by atoms with Gasteiger partial charge >= 0.3 is 6.03 Å². The molecule has 0 bridgehead atoms. The van der Waals surface area contributed by atoms with Crippen molar-refractivity contribution in [3.8, 4) is 0 Å². The minimum Gasteiger partial charge on any atom is -0.396 e. The summed E-state index contributed by atoms with van der Waals surface area (Å²) in [5.41, 5.74) is 0.816. The van der Waals surface area contributed by atoms with Crippen molar-refractivity contribution in [3.63, 3.8) is 0 Å². The van der Waals surface area contributed by atoms with Crippen molar-refractivity contribution < 1.29 is 9.90 Å². The van der Waals surface area contributed by atoms with Gasteiger partial charge in [-0.25, -0.2) is 4.79 Å². The van der Waals surface area contributed by atoms with Crippen LogP contribution in [0.15, 0.2) is 42.5 Å². The Hall–Kier alpha value is -2.07. The average Bonchev–Trinajstić information content (AvgIpc) is 2.47. The van der Waals surface area contributed by atoms with Crippen molar-refractivity contribution in [1.82, 2.24) is 5.32 Å². The fourth-order valence-electron chi connectivity index (χ4n) is 2.12. The van der Waals surface area contributed by atoms with Gasteiger partial charge in [-0.2, -0.15) is 0 Å². The number of aliphatic hydroxyl groups is 1. The van der Waals surface area contributed by atoms with Crippen molar-refractivity contribution in [2.24, 2.45) is 0 Å². The van der Waals surface area contributed by atoms with Gasteiger partial charge in [-0.3, -0.25) is 0 Å². The highest BCUT2D eigenvalue weighted by Crippen LogP contribution is 2.22. The number of hydrogen-bond donors (Lipinski definition) is 3. The van der Waals surface area contributed by atoms with Gasteiger partial charge in [0.15, 0.2) is 0 Å². The van der Waals surface area contributed by atoms with Crippen molar-refractivity contribution in [2.45, 2.75) is 19.3 Å². The normalized spacial score (nSPS) is 10.4. The molecule has 4 heteroatoms. The summed E-state index contributed by atoms with van der Waals surface area (Å²) in [4.78, 5) is 11.8. The summed E-state index contributed by atoms with van der Waals surface area (Å²) in [6, 6.07) is 13.6. The topological polar surface area (TPSA) is 61.4 Å². The van der Waals surface area contributed by atoms with E-state index in [2.05, 4.69) is 10.6 Å². The molecule has 3 N–H and O–H groups in total. The summed E-state index contributed by atoms with van der Waals surface area (Å²) in [7, 11) is 0. The Morgan fingerprint density at radius 1 is 1.00 bits per heavy atom. The first-order valence-corrected chi connectivity index (χ1v) is 6.95. The summed E-state index contributed by atoms with van der Waals surface area (Å²) < 4.78 is 0. The van der Waals surface area contributed by atoms with E-state index in [4.69, 9.17) is 5.11 Å². The number of carbonyl (C=O) groups is 1. The van der Waals surface area contributed by atoms with Gasteiger partial charge in [0.1, 0.15) is 0 Å². The van der Waals surface area contributed by atoms with Gasteiger partial charge in [-0.05, 0) is 30.7 Å². The Kier molecular flexibility index (Phi) is 5.38. The van der Waals surface area contributed by atoms with E-state index in [1.165, 1.54) is 0 Å². The molecule has 106 valence electrons. The molecule has 2 rings (SSSR count). The van der Waals surface area contributed by atoms with Gasteiger partial charge in [0.2, 0.25) is 0 Å². The number of benzene rings is 2. The number of hydrogen-bond acceptors (Lipinski definition) is 2. The van der Waals surface area contributed by atoms with E-state index in [-0.39, 0.29) is 12.6 Å². The second-order valence-electron chi connectivity index (χ2n) is 4.69. The largest absolute Gasteiger partial charge is 0.396 e. The number of rotatable bonds is 6. The van der Waals surface area contributed by atoms with Crippen LogP contribution in [0.4, 0.5) is 10.5 Å². The first kappa shape index (κ1) is 14.3. The van der Waals surface area contributed by atoms with E-state index in [9.17, 15) is 4.79 Å². The number of aliphatic hydroxyl groups excluding tert-OH is 1. The van der Waals surface area contributed by atoms with Crippen LogP contribution in [0.2, 0.25) is 0 Å². The van der Waals surface area contributed by atoms with E-state index in [0.29, 0.717) is 6.54 Å². The number of urea groups is 1. The molecule has 0 aliphatic rings. The molecule has 0 aliphatic heterocycles. The number of amides is 2. The number of unbranched alkanes of at least 4 members (excludes halogenated alkanes) is 2. The highest BCUT2D eigenvalue weighted by Gasteiger charge is 2.04. The van der Waals surface area contributed by atoms with Crippen molar-refractivity contribution in [1.29, 1.82) is 0 Å². The second-order valence-corrected chi connectivity index (χ2v) is 4.69. The zero-order valence-corrected chi connectivity index (χ0v) is 11.4. The predicted molar refractivity (Wildman–Crippen MR) is 81.9 cm³/mol. The van der Waals surface area contributed by atoms with Crippen molar-refractivity contribution in [3.05, 3.63) is 42.5 Å². The Bertz CT molecular complexity index is 564. The lowest BCUT2D eigenvalue weighted by Gasteiger charge is -2.10. The lowest BCUT2D eigenvalue weighted by Crippen LogP contribution is -2.29. The van der Waals surface area contributed by atoms with Gasteiger partial charge < -0.3 is 15.7 Å². The predicted octanol–water partition coefficient (Wildman–Crippen LogP) is 3.12. The molecular formula is C16H20N2O2. The van der Waals surface area contributed by atoms with E-state index in [1.807, 2.05) is 42.5 Å². The van der Waals surface area contributed by atoms with Crippen LogP contribution in [0.25, 0.3) is 10.8 Å². The molecule has 0 saturated heterocycles. The molecule has 0 radical (unpaired) electrons. The standard InChI is InChI=1S/C16H20N2O2/c19-12-5-1-4-11-17-16(20)18-15-10-6-8-13-7-2-3-9-14(13)15/h2-3,6-10,19H,1,4-5,11-12H2,(H2,17,18,20). The molecule has 0 unspecified atom stereocenters. The fraction of sp³-hybridized carbons (Fsp3) is 0.312. The Morgan fingerprint density at radius 3 is 2.65 bits per heavy atom. The Morgan fingerprint density at radius 2 is 1.80 bits per heavy atom. The van der Waals surface area contributed by atoms with Crippen LogP contribution < -0.4 is 10.6 Å². The molecule has 0 aliphatic carbocycles. The second kappa shape index (κ2) is 7.50. The summed E-state index contributed by atoms with van der Waals surface area (Å²) in [6.07, 6.45) is 2.58. The van der Waals surface area contributed by atoms with Crippen LogP contribution in [-0.4, -0.2) is 24.3 Å². The number of anilines is 1. The zero-order chi connectivity index (χ0) is 14.2. The molecule has 0 fully saturated rings. The number of carbonyl (C=O) groups excluding carboxylic acids is 1. The molecule has 4 nitrogen and oxygen atoms in total. The van der Waals surface area contributed by atoms with Crippen LogP contribution in [0.1, 0.15) is 19.3 Å². The summed E-state index contributed by atoms with van der Waals surface area (Å²) in [5.74, 6) is 0. The van der Waals surface area contributed by atoms with Gasteiger partial charge in [-0.1, -0.05) is 36.4 Å². The maximum absolute atomic E-state index is 11.8. The monoisotopic (exact) mass is 272 g/mol. The highest BCUT2D eigenvalue weighted by atomic mass is 16.2. The van der Waals surface area contributed by atoms with E-state index >= 15 is 0 Å². The molecule has 2 aromatic carbocycles. The van der Waals surface area contributed by atoms with Crippen LogP contribution in [0.5, 0.6) is 0 Å². The Balaban J connectivity index is 1.90. The quantitative estimate of drug-likeness (QED) is 0.707. The van der Waals surface area contributed by atoms with Gasteiger partial charge in [0.25, 0.3) is 0 Å². The molecule has 0 atom stereocenters. The lowest BCUT2D eigenvalue weighted by molar-refractivity contribution is 0.251. The van der Waals surface area contributed by atoms with Crippen LogP contribution in [0, 0.1) is 0 Å². The summed E-state index contributed by atoms with van der Waals surface area (Å²) in [6.45, 7) is 0.832. The molecule has 0 heterocycles.